The van der Waals surface area contributed by atoms with Crippen LogP contribution in [0.1, 0.15) is 12.8 Å². The number of rotatable bonds is 3. The minimum atomic E-state index is -2.61. The number of fused-ring (bicyclic) bond motifs is 1. The summed E-state index contributed by atoms with van der Waals surface area (Å²) in [5, 5.41) is 1.93. The quantitative estimate of drug-likeness (QED) is 0.640. The Balaban J connectivity index is 1.87. The summed E-state index contributed by atoms with van der Waals surface area (Å²) in [7, 11) is -2.61. The van der Waals surface area contributed by atoms with Crippen LogP contribution in [0.25, 0.3) is 0 Å². The standard InChI is InChI=1S/C17H17O2P/c18-20(13-7-3-1-4-8-13,14-9-5-2-6-10-14)16-12-11-15-17(16)19-15/h1-10,15-17H,11-12H2/t15-,16-,17-/m1/s1. The van der Waals surface area contributed by atoms with Crippen molar-refractivity contribution in [3.8, 4) is 0 Å². The van der Waals surface area contributed by atoms with Crippen LogP contribution in [0.4, 0.5) is 0 Å². The summed E-state index contributed by atoms with van der Waals surface area (Å²) in [5.41, 5.74) is 0.150. The lowest BCUT2D eigenvalue weighted by atomic mass is 10.3. The molecule has 2 fully saturated rings. The van der Waals surface area contributed by atoms with Gasteiger partial charge < -0.3 is 9.30 Å². The predicted molar refractivity (Wildman–Crippen MR) is 81.4 cm³/mol. The molecule has 0 amide bonds. The van der Waals surface area contributed by atoms with Crippen LogP contribution in [0.5, 0.6) is 0 Å². The third-order valence-corrected chi connectivity index (χ3v) is 8.11. The first-order valence-electron chi connectivity index (χ1n) is 7.16. The Morgan fingerprint density at radius 3 is 1.80 bits per heavy atom. The maximum Gasteiger partial charge on any atom is 0.148 e. The smallest absolute Gasteiger partial charge is 0.148 e. The van der Waals surface area contributed by atoms with Crippen molar-refractivity contribution in [1.29, 1.82) is 0 Å². The summed E-state index contributed by atoms with van der Waals surface area (Å²) in [6.07, 6.45) is 2.64. The van der Waals surface area contributed by atoms with Crippen molar-refractivity contribution in [2.24, 2.45) is 0 Å². The highest BCUT2D eigenvalue weighted by molar-refractivity contribution is 7.79. The SMILES string of the molecule is O=P(c1ccccc1)(c1ccccc1)[C@@H]1CC[C@H]2O[C@@H]12. The van der Waals surface area contributed by atoms with Crippen LogP contribution in [-0.4, -0.2) is 17.9 Å². The molecule has 20 heavy (non-hydrogen) atoms. The van der Waals surface area contributed by atoms with Gasteiger partial charge in [0, 0.05) is 16.3 Å². The van der Waals surface area contributed by atoms with Crippen molar-refractivity contribution in [3.63, 3.8) is 0 Å². The van der Waals surface area contributed by atoms with Crippen molar-refractivity contribution < 1.29 is 9.30 Å². The highest BCUT2D eigenvalue weighted by atomic mass is 31.2. The molecule has 0 aromatic heterocycles. The topological polar surface area (TPSA) is 29.6 Å². The molecule has 2 nitrogen and oxygen atoms in total. The molecular weight excluding hydrogens is 267 g/mol. The summed E-state index contributed by atoms with van der Waals surface area (Å²) in [6, 6.07) is 19.9. The van der Waals surface area contributed by atoms with Gasteiger partial charge in [0.2, 0.25) is 0 Å². The van der Waals surface area contributed by atoms with Gasteiger partial charge in [0.05, 0.1) is 12.2 Å². The molecule has 0 spiro atoms. The molecule has 1 heterocycles. The van der Waals surface area contributed by atoms with E-state index in [9.17, 15) is 4.57 Å². The van der Waals surface area contributed by atoms with Gasteiger partial charge in [-0.3, -0.25) is 0 Å². The summed E-state index contributed by atoms with van der Waals surface area (Å²) >= 11 is 0. The molecule has 0 unspecified atom stereocenters. The average molecular weight is 284 g/mol. The third-order valence-electron chi connectivity index (χ3n) is 4.49. The Morgan fingerprint density at radius 1 is 0.850 bits per heavy atom. The Kier molecular flexibility index (Phi) is 2.83. The molecule has 0 N–H and O–H groups in total. The molecule has 0 bridgehead atoms. The molecule has 4 rings (SSSR count). The molecule has 2 aliphatic rings. The summed E-state index contributed by atoms with van der Waals surface area (Å²) < 4.78 is 19.7. The van der Waals surface area contributed by atoms with Crippen molar-refractivity contribution in [2.45, 2.75) is 30.7 Å². The molecule has 1 aliphatic heterocycles. The van der Waals surface area contributed by atoms with E-state index in [1.165, 1.54) is 0 Å². The van der Waals surface area contributed by atoms with Gasteiger partial charge in [0.25, 0.3) is 0 Å². The van der Waals surface area contributed by atoms with Crippen LogP contribution in [0, 0.1) is 0 Å². The molecule has 0 radical (unpaired) electrons. The van der Waals surface area contributed by atoms with Crippen LogP contribution in [-0.2, 0) is 9.30 Å². The van der Waals surface area contributed by atoms with Gasteiger partial charge in [-0.05, 0) is 12.8 Å². The molecule has 2 aromatic rings. The highest BCUT2D eigenvalue weighted by Gasteiger charge is 2.57. The van der Waals surface area contributed by atoms with Crippen LogP contribution >= 0.6 is 7.14 Å². The van der Waals surface area contributed by atoms with Crippen molar-refractivity contribution in [3.05, 3.63) is 60.7 Å². The Morgan fingerprint density at radius 2 is 1.40 bits per heavy atom. The van der Waals surface area contributed by atoms with Gasteiger partial charge in [0.15, 0.2) is 0 Å². The zero-order valence-electron chi connectivity index (χ0n) is 11.2. The van der Waals surface area contributed by atoms with E-state index in [1.807, 2.05) is 60.7 Å². The maximum absolute atomic E-state index is 14.0. The highest BCUT2D eigenvalue weighted by Crippen LogP contribution is 2.59. The molecule has 102 valence electrons. The van der Waals surface area contributed by atoms with Gasteiger partial charge in [-0.25, -0.2) is 0 Å². The lowest BCUT2D eigenvalue weighted by Crippen LogP contribution is -2.27. The normalized spacial score (nSPS) is 28.1. The maximum atomic E-state index is 14.0. The largest absolute Gasteiger partial charge is 0.369 e. The summed E-state index contributed by atoms with van der Waals surface area (Å²) in [6.45, 7) is 0. The van der Waals surface area contributed by atoms with E-state index in [4.69, 9.17) is 4.74 Å². The van der Waals surface area contributed by atoms with Crippen LogP contribution in [0.2, 0.25) is 0 Å². The Bertz CT molecular complexity index is 610. The van der Waals surface area contributed by atoms with Gasteiger partial charge >= 0.3 is 0 Å². The number of benzene rings is 2. The van der Waals surface area contributed by atoms with E-state index in [0.717, 1.165) is 23.5 Å². The average Bonchev–Trinajstić information content (AvgIpc) is 3.18. The van der Waals surface area contributed by atoms with E-state index >= 15 is 0 Å². The molecule has 2 aromatic carbocycles. The van der Waals surface area contributed by atoms with Gasteiger partial charge in [-0.15, -0.1) is 0 Å². The first kappa shape index (κ1) is 12.4. The van der Waals surface area contributed by atoms with Gasteiger partial charge in [0.1, 0.15) is 7.14 Å². The second kappa shape index (κ2) is 4.58. The number of epoxide rings is 1. The number of hydrogen-bond donors (Lipinski definition) is 0. The molecule has 1 saturated heterocycles. The molecule has 3 atom stereocenters. The summed E-state index contributed by atoms with van der Waals surface area (Å²) in [4.78, 5) is 0. The lowest BCUT2D eigenvalue weighted by Gasteiger charge is -2.26. The fourth-order valence-corrected chi connectivity index (χ4v) is 6.93. The second-order valence-corrected chi connectivity index (χ2v) is 8.62. The zero-order valence-corrected chi connectivity index (χ0v) is 12.1. The van der Waals surface area contributed by atoms with Crippen molar-refractivity contribution in [2.75, 3.05) is 0 Å². The first-order chi connectivity index (χ1) is 9.80. The third kappa shape index (κ3) is 1.79. The fraction of sp³-hybridized carbons (Fsp3) is 0.294. The van der Waals surface area contributed by atoms with E-state index in [0.29, 0.717) is 6.10 Å². The van der Waals surface area contributed by atoms with E-state index in [-0.39, 0.29) is 11.8 Å². The second-order valence-electron chi connectivity index (χ2n) is 5.61. The molecule has 3 heteroatoms. The number of ether oxygens (including phenoxy) is 1. The Hall–Kier alpha value is -1.37. The zero-order chi connectivity index (χ0) is 13.6. The van der Waals surface area contributed by atoms with E-state index in [1.54, 1.807) is 0 Å². The fourth-order valence-electron chi connectivity index (χ4n) is 3.45. The number of hydrogen-bond acceptors (Lipinski definition) is 2. The van der Waals surface area contributed by atoms with Gasteiger partial charge in [-0.2, -0.15) is 0 Å². The summed E-state index contributed by atoms with van der Waals surface area (Å²) in [5.74, 6) is 0. The Labute approximate surface area is 119 Å². The minimum Gasteiger partial charge on any atom is -0.369 e. The van der Waals surface area contributed by atoms with Crippen molar-refractivity contribution >= 4 is 17.8 Å². The molecule has 1 aliphatic carbocycles. The van der Waals surface area contributed by atoms with E-state index < -0.39 is 7.14 Å². The monoisotopic (exact) mass is 284 g/mol. The van der Waals surface area contributed by atoms with Crippen LogP contribution < -0.4 is 10.6 Å². The predicted octanol–water partition coefficient (Wildman–Crippen LogP) is 2.93. The minimum absolute atomic E-state index is 0.150. The van der Waals surface area contributed by atoms with Crippen LogP contribution in [0.15, 0.2) is 60.7 Å². The van der Waals surface area contributed by atoms with Crippen LogP contribution in [0.3, 0.4) is 0 Å². The molecule has 1 saturated carbocycles. The first-order valence-corrected chi connectivity index (χ1v) is 8.94. The lowest BCUT2D eigenvalue weighted by molar-refractivity contribution is 0.323. The molecular formula is C17H17O2P. The van der Waals surface area contributed by atoms with Gasteiger partial charge in [-0.1, -0.05) is 60.7 Å². The van der Waals surface area contributed by atoms with Crippen molar-refractivity contribution in [1.82, 2.24) is 0 Å². The van der Waals surface area contributed by atoms with E-state index in [2.05, 4.69) is 0 Å².